The summed E-state index contributed by atoms with van der Waals surface area (Å²) in [5, 5.41) is 5.88. The fourth-order valence-electron chi connectivity index (χ4n) is 4.28. The molecule has 1 fully saturated rings. The number of anilines is 1. The minimum atomic E-state index is -0.398. The molecule has 4 rings (SSSR count). The van der Waals surface area contributed by atoms with Crippen LogP contribution in [0.4, 0.5) is 5.69 Å². The van der Waals surface area contributed by atoms with Crippen molar-refractivity contribution >= 4 is 50.8 Å². The molecule has 1 aliphatic rings. The molecule has 0 radical (unpaired) electrons. The van der Waals surface area contributed by atoms with E-state index in [1.54, 1.807) is 24.3 Å². The third kappa shape index (κ3) is 7.63. The normalized spacial score (nSPS) is 13.4. The van der Waals surface area contributed by atoms with Crippen molar-refractivity contribution in [2.75, 3.05) is 25.0 Å². The second kappa shape index (κ2) is 13.4. The number of carbonyl (C=O) groups is 2. The van der Waals surface area contributed by atoms with Gasteiger partial charge in [0.15, 0.2) is 5.11 Å². The highest BCUT2D eigenvalue weighted by atomic mass is 79.9. The van der Waals surface area contributed by atoms with Crippen LogP contribution in [-0.4, -0.2) is 41.5 Å². The van der Waals surface area contributed by atoms with Gasteiger partial charge in [0.05, 0.1) is 23.4 Å². The van der Waals surface area contributed by atoms with Gasteiger partial charge in [-0.05, 0) is 61.0 Å². The van der Waals surface area contributed by atoms with E-state index in [0.29, 0.717) is 29.2 Å². The summed E-state index contributed by atoms with van der Waals surface area (Å²) >= 11 is 8.88. The molecule has 37 heavy (non-hydrogen) atoms. The van der Waals surface area contributed by atoms with Gasteiger partial charge in [-0.25, -0.2) is 0 Å². The number of hydrogen-bond donors (Lipinski definition) is 2. The first-order valence-corrected chi connectivity index (χ1v) is 13.7. The van der Waals surface area contributed by atoms with Gasteiger partial charge >= 0.3 is 0 Å². The third-order valence-electron chi connectivity index (χ3n) is 6.20. The van der Waals surface area contributed by atoms with E-state index >= 15 is 0 Å². The summed E-state index contributed by atoms with van der Waals surface area (Å²) in [6.07, 6.45) is 5.04. The van der Waals surface area contributed by atoms with Gasteiger partial charge in [-0.3, -0.25) is 14.9 Å². The van der Waals surface area contributed by atoms with Gasteiger partial charge in [0.25, 0.3) is 11.8 Å². The lowest BCUT2D eigenvalue weighted by molar-refractivity contribution is 0.0762. The summed E-state index contributed by atoms with van der Waals surface area (Å²) in [5.74, 6) is 0.0428. The fourth-order valence-corrected chi connectivity index (χ4v) is 4.84. The van der Waals surface area contributed by atoms with Crippen LogP contribution in [0.25, 0.3) is 0 Å². The average Bonchev–Trinajstić information content (AvgIpc) is 3.20. The van der Waals surface area contributed by atoms with Crippen LogP contribution in [0.2, 0.25) is 0 Å². The van der Waals surface area contributed by atoms with Crippen molar-refractivity contribution in [2.24, 2.45) is 0 Å². The van der Waals surface area contributed by atoms with Crippen molar-refractivity contribution in [1.29, 1.82) is 0 Å². The van der Waals surface area contributed by atoms with E-state index in [-0.39, 0.29) is 11.0 Å². The molecule has 0 saturated carbocycles. The Hall–Kier alpha value is -3.23. The van der Waals surface area contributed by atoms with Gasteiger partial charge in [-0.1, -0.05) is 71.2 Å². The van der Waals surface area contributed by atoms with Crippen LogP contribution in [0.5, 0.6) is 5.75 Å². The van der Waals surface area contributed by atoms with Crippen molar-refractivity contribution in [3.05, 3.63) is 94.0 Å². The molecule has 0 atom stereocenters. The molecule has 0 aromatic heterocycles. The Morgan fingerprint density at radius 3 is 2.35 bits per heavy atom. The van der Waals surface area contributed by atoms with Crippen molar-refractivity contribution in [1.82, 2.24) is 10.2 Å². The highest BCUT2D eigenvalue weighted by Crippen LogP contribution is 2.24. The van der Waals surface area contributed by atoms with Crippen molar-refractivity contribution in [3.8, 4) is 5.75 Å². The zero-order valence-electron chi connectivity index (χ0n) is 20.5. The van der Waals surface area contributed by atoms with E-state index in [1.807, 2.05) is 53.4 Å². The summed E-state index contributed by atoms with van der Waals surface area (Å²) < 4.78 is 6.70. The molecule has 0 bridgehead atoms. The number of nitrogens with zero attached hydrogens (tertiary/aromatic N) is 1. The molecule has 2 amide bonds. The smallest absolute Gasteiger partial charge is 0.261 e. The van der Waals surface area contributed by atoms with Crippen LogP contribution < -0.4 is 15.4 Å². The first-order valence-electron chi connectivity index (χ1n) is 12.5. The molecule has 8 heteroatoms. The molecule has 1 aliphatic heterocycles. The van der Waals surface area contributed by atoms with E-state index in [2.05, 4.69) is 26.6 Å². The lowest BCUT2D eigenvalue weighted by Gasteiger charge is -2.22. The predicted octanol–water partition coefficient (Wildman–Crippen LogP) is 6.21. The molecule has 3 aromatic carbocycles. The number of ether oxygens (including phenoxy) is 1. The number of rotatable bonds is 7. The number of hydrogen-bond acceptors (Lipinski definition) is 4. The van der Waals surface area contributed by atoms with Crippen LogP contribution in [0.3, 0.4) is 0 Å². The number of amides is 2. The zero-order chi connectivity index (χ0) is 26.0. The van der Waals surface area contributed by atoms with Crippen molar-refractivity contribution in [2.45, 2.75) is 32.1 Å². The first-order chi connectivity index (χ1) is 18.0. The molecule has 6 nitrogen and oxygen atoms in total. The third-order valence-corrected chi connectivity index (χ3v) is 6.90. The predicted molar refractivity (Wildman–Crippen MR) is 154 cm³/mol. The summed E-state index contributed by atoms with van der Waals surface area (Å²) in [4.78, 5) is 28.3. The van der Waals surface area contributed by atoms with Crippen LogP contribution in [0.1, 0.15) is 52.0 Å². The molecule has 0 spiro atoms. The highest BCUT2D eigenvalue weighted by molar-refractivity contribution is 9.10. The summed E-state index contributed by atoms with van der Waals surface area (Å²) in [5.41, 5.74) is 2.62. The van der Waals surface area contributed by atoms with E-state index in [0.717, 1.165) is 55.2 Å². The second-order valence-electron chi connectivity index (χ2n) is 8.88. The van der Waals surface area contributed by atoms with Gasteiger partial charge in [0.1, 0.15) is 5.75 Å². The fraction of sp³-hybridized carbons (Fsp3) is 0.276. The van der Waals surface area contributed by atoms with E-state index < -0.39 is 5.91 Å². The topological polar surface area (TPSA) is 70.7 Å². The van der Waals surface area contributed by atoms with E-state index in [4.69, 9.17) is 17.0 Å². The van der Waals surface area contributed by atoms with Gasteiger partial charge in [-0.15, -0.1) is 0 Å². The Morgan fingerprint density at radius 1 is 0.892 bits per heavy atom. The van der Waals surface area contributed by atoms with Gasteiger partial charge in [-0.2, -0.15) is 0 Å². The Labute approximate surface area is 231 Å². The Balaban J connectivity index is 1.41. The van der Waals surface area contributed by atoms with Crippen molar-refractivity contribution in [3.63, 3.8) is 0 Å². The van der Waals surface area contributed by atoms with Gasteiger partial charge < -0.3 is 15.0 Å². The largest absolute Gasteiger partial charge is 0.492 e. The van der Waals surface area contributed by atoms with Gasteiger partial charge in [0.2, 0.25) is 0 Å². The molecule has 3 aromatic rings. The maximum absolute atomic E-state index is 13.2. The second-order valence-corrected chi connectivity index (χ2v) is 10.2. The summed E-state index contributed by atoms with van der Waals surface area (Å²) in [7, 11) is 0. The standard InChI is InChI=1S/C29H30BrN3O3S/c30-22-14-15-26(36-19-16-21-10-4-3-5-11-21)24(20-22)27(34)32-29(37)31-25-13-7-6-12-23(25)28(35)33-17-8-1-2-9-18-33/h3-7,10-15,20H,1-2,8-9,16-19H2,(H2,31,32,34,37). The molecule has 192 valence electrons. The number of para-hydroxylation sites is 1. The number of carbonyl (C=O) groups excluding carboxylic acids is 2. The van der Waals surface area contributed by atoms with Crippen LogP contribution in [-0.2, 0) is 6.42 Å². The maximum Gasteiger partial charge on any atom is 0.261 e. The van der Waals surface area contributed by atoms with Crippen LogP contribution in [0.15, 0.2) is 77.3 Å². The average molecular weight is 581 g/mol. The number of halogens is 1. The monoisotopic (exact) mass is 579 g/mol. The zero-order valence-corrected chi connectivity index (χ0v) is 22.9. The quantitative estimate of drug-likeness (QED) is 0.325. The minimum Gasteiger partial charge on any atom is -0.492 e. The maximum atomic E-state index is 13.2. The Morgan fingerprint density at radius 2 is 1.59 bits per heavy atom. The lowest BCUT2D eigenvalue weighted by Crippen LogP contribution is -2.36. The van der Waals surface area contributed by atoms with Crippen LogP contribution in [0, 0.1) is 0 Å². The first kappa shape index (κ1) is 26.8. The summed E-state index contributed by atoms with van der Waals surface area (Å²) in [6, 6.07) is 22.6. The van der Waals surface area contributed by atoms with Crippen LogP contribution >= 0.6 is 28.1 Å². The molecule has 2 N–H and O–H groups in total. The molecule has 1 heterocycles. The SMILES string of the molecule is O=C(NC(=S)Nc1ccccc1C(=O)N1CCCCCC1)c1cc(Br)ccc1OCCc1ccccc1. The van der Waals surface area contributed by atoms with E-state index in [1.165, 1.54) is 0 Å². The molecular formula is C29H30BrN3O3S. The summed E-state index contributed by atoms with van der Waals surface area (Å²) in [6.45, 7) is 1.94. The Bertz CT molecular complexity index is 1240. The number of likely N-dealkylation sites (tertiary alicyclic amines) is 1. The molecule has 0 aliphatic carbocycles. The number of benzene rings is 3. The minimum absolute atomic E-state index is 0.0276. The number of thiocarbonyl (C=S) groups is 1. The molecule has 0 unspecified atom stereocenters. The van der Waals surface area contributed by atoms with Gasteiger partial charge in [0, 0.05) is 24.0 Å². The molecule has 1 saturated heterocycles. The molecular weight excluding hydrogens is 550 g/mol. The highest BCUT2D eigenvalue weighted by Gasteiger charge is 2.21. The Kier molecular flexibility index (Phi) is 9.68. The van der Waals surface area contributed by atoms with Crippen molar-refractivity contribution < 1.29 is 14.3 Å². The number of nitrogens with one attached hydrogen (secondary N) is 2. The lowest BCUT2D eigenvalue weighted by atomic mass is 10.1. The van der Waals surface area contributed by atoms with E-state index in [9.17, 15) is 9.59 Å².